The van der Waals surface area contributed by atoms with Crippen molar-refractivity contribution in [1.29, 1.82) is 0 Å². The monoisotopic (exact) mass is 379 g/mol. The van der Waals surface area contributed by atoms with Crippen LogP contribution in [0.2, 0.25) is 0 Å². The summed E-state index contributed by atoms with van der Waals surface area (Å²) in [5.41, 5.74) is 3.42. The first-order valence-corrected chi connectivity index (χ1v) is 9.23. The molecule has 2 amide bonds. The molecule has 0 saturated carbocycles. The van der Waals surface area contributed by atoms with E-state index in [0.29, 0.717) is 11.1 Å². The van der Waals surface area contributed by atoms with E-state index in [0.717, 1.165) is 19.3 Å². The molecule has 0 saturated heterocycles. The average molecular weight is 379 g/mol. The molecule has 1 aliphatic carbocycles. The van der Waals surface area contributed by atoms with Crippen LogP contribution in [0.5, 0.6) is 0 Å². The van der Waals surface area contributed by atoms with Crippen LogP contribution < -0.4 is 5.32 Å². The van der Waals surface area contributed by atoms with Gasteiger partial charge in [0.25, 0.3) is 11.8 Å². The van der Waals surface area contributed by atoms with Gasteiger partial charge in [0.15, 0.2) is 12.4 Å². The minimum atomic E-state index is -0.716. The largest absolute Gasteiger partial charge is 0.456 e. The molecule has 1 N–H and O–H groups in total. The summed E-state index contributed by atoms with van der Waals surface area (Å²) in [5, 5.41) is 2.14. The zero-order valence-electron chi connectivity index (χ0n) is 15.4. The Labute approximate surface area is 162 Å². The molecular formula is C22H21NO5. The molecule has 3 rings (SSSR count). The number of hydrogen-bond acceptors (Lipinski definition) is 5. The van der Waals surface area contributed by atoms with Crippen molar-refractivity contribution in [1.82, 2.24) is 5.32 Å². The minimum absolute atomic E-state index is 0.0161. The van der Waals surface area contributed by atoms with Gasteiger partial charge in [-0.15, -0.1) is 0 Å². The molecule has 0 spiro atoms. The summed E-state index contributed by atoms with van der Waals surface area (Å²) < 4.78 is 4.85. The van der Waals surface area contributed by atoms with E-state index in [1.807, 2.05) is 12.1 Å². The quantitative estimate of drug-likeness (QED) is 0.590. The molecule has 0 unspecified atom stereocenters. The van der Waals surface area contributed by atoms with Crippen LogP contribution >= 0.6 is 0 Å². The Morgan fingerprint density at radius 3 is 2.39 bits per heavy atom. The number of imide groups is 1. The highest BCUT2D eigenvalue weighted by atomic mass is 16.5. The van der Waals surface area contributed by atoms with Gasteiger partial charge in [-0.25, -0.2) is 0 Å². The number of ketones is 1. The first-order valence-electron chi connectivity index (χ1n) is 9.23. The molecule has 6 heteroatoms. The van der Waals surface area contributed by atoms with Crippen LogP contribution in [-0.2, 0) is 27.2 Å². The van der Waals surface area contributed by atoms with Crippen molar-refractivity contribution in [3.63, 3.8) is 0 Å². The van der Waals surface area contributed by atoms with Gasteiger partial charge in [-0.2, -0.15) is 0 Å². The predicted octanol–water partition coefficient (Wildman–Crippen LogP) is 2.64. The Kier molecular flexibility index (Phi) is 6.32. The maximum Gasteiger partial charge on any atom is 0.306 e. The average Bonchev–Trinajstić information content (AvgIpc) is 3.19. The summed E-state index contributed by atoms with van der Waals surface area (Å²) >= 11 is 0. The number of aryl methyl sites for hydroxylation is 2. The van der Waals surface area contributed by atoms with Gasteiger partial charge in [0.05, 0.1) is 6.42 Å². The van der Waals surface area contributed by atoms with Gasteiger partial charge in [0.2, 0.25) is 0 Å². The summed E-state index contributed by atoms with van der Waals surface area (Å²) in [6.07, 6.45) is 3.03. The lowest BCUT2D eigenvalue weighted by atomic mass is 10.0. The summed E-state index contributed by atoms with van der Waals surface area (Å²) in [5.74, 6) is -2.06. The highest BCUT2D eigenvalue weighted by molar-refractivity contribution is 6.05. The molecule has 6 nitrogen and oxygen atoms in total. The van der Waals surface area contributed by atoms with Gasteiger partial charge in [0, 0.05) is 17.5 Å². The van der Waals surface area contributed by atoms with Crippen molar-refractivity contribution in [3.05, 3.63) is 70.8 Å². The zero-order chi connectivity index (χ0) is 19.9. The number of hydrogen-bond donors (Lipinski definition) is 1. The first-order chi connectivity index (χ1) is 13.5. The minimum Gasteiger partial charge on any atom is -0.456 e. The lowest BCUT2D eigenvalue weighted by molar-refractivity contribution is -0.148. The van der Waals surface area contributed by atoms with Crippen LogP contribution in [0, 0.1) is 0 Å². The highest BCUT2D eigenvalue weighted by Crippen LogP contribution is 2.23. The zero-order valence-corrected chi connectivity index (χ0v) is 15.4. The smallest absolute Gasteiger partial charge is 0.306 e. The molecule has 144 valence electrons. The van der Waals surface area contributed by atoms with Gasteiger partial charge in [-0.05, 0) is 48.6 Å². The third-order valence-electron chi connectivity index (χ3n) is 4.63. The van der Waals surface area contributed by atoms with Crippen molar-refractivity contribution in [2.45, 2.75) is 32.1 Å². The molecule has 0 aliphatic heterocycles. The van der Waals surface area contributed by atoms with Crippen LogP contribution in [0.25, 0.3) is 0 Å². The fourth-order valence-electron chi connectivity index (χ4n) is 3.15. The van der Waals surface area contributed by atoms with Crippen LogP contribution in [-0.4, -0.2) is 30.2 Å². The predicted molar refractivity (Wildman–Crippen MR) is 102 cm³/mol. The number of carbonyl (C=O) groups excluding carboxylic acids is 4. The van der Waals surface area contributed by atoms with E-state index >= 15 is 0 Å². The third kappa shape index (κ3) is 5.13. The van der Waals surface area contributed by atoms with Crippen LogP contribution in [0.1, 0.15) is 51.1 Å². The number of amides is 2. The third-order valence-corrected chi connectivity index (χ3v) is 4.63. The van der Waals surface area contributed by atoms with Crippen molar-refractivity contribution in [2.75, 3.05) is 6.61 Å². The van der Waals surface area contributed by atoms with E-state index in [1.54, 1.807) is 36.4 Å². The number of fused-ring (bicyclic) bond motifs is 1. The van der Waals surface area contributed by atoms with Gasteiger partial charge in [0.1, 0.15) is 0 Å². The Balaban J connectivity index is 1.40. The van der Waals surface area contributed by atoms with Crippen molar-refractivity contribution >= 4 is 23.6 Å². The molecular weight excluding hydrogens is 358 g/mol. The van der Waals surface area contributed by atoms with E-state index in [9.17, 15) is 19.2 Å². The van der Waals surface area contributed by atoms with Gasteiger partial charge in [-0.3, -0.25) is 24.5 Å². The number of ether oxygens (including phenoxy) is 1. The Hall–Kier alpha value is -3.28. The fourth-order valence-corrected chi connectivity index (χ4v) is 3.15. The topological polar surface area (TPSA) is 89.5 Å². The van der Waals surface area contributed by atoms with Crippen molar-refractivity contribution < 1.29 is 23.9 Å². The Morgan fingerprint density at radius 2 is 1.61 bits per heavy atom. The molecule has 0 fully saturated rings. The molecule has 0 bridgehead atoms. The number of Topliss-reactive ketones (excluding diaryl/α,β-unsaturated/α-hetero) is 1. The standard InChI is InChI=1S/C22H21NO5/c24-19(18-10-9-15-7-4-8-17(15)13-18)11-12-21(26)28-14-20(25)23-22(27)16-5-2-1-3-6-16/h1-3,5-6,9-10,13H,4,7-8,11-12,14H2,(H,23,25,27). The number of esters is 1. The molecule has 2 aromatic carbocycles. The number of rotatable bonds is 7. The molecule has 0 atom stereocenters. The fraction of sp³-hybridized carbons (Fsp3) is 0.273. The van der Waals surface area contributed by atoms with Crippen LogP contribution in [0.15, 0.2) is 48.5 Å². The number of nitrogens with one attached hydrogen (secondary N) is 1. The molecule has 2 aromatic rings. The molecule has 0 heterocycles. The second-order valence-electron chi connectivity index (χ2n) is 6.66. The normalized spacial score (nSPS) is 12.1. The summed E-state index contributed by atoms with van der Waals surface area (Å²) in [7, 11) is 0. The van der Waals surface area contributed by atoms with Gasteiger partial charge >= 0.3 is 5.97 Å². The van der Waals surface area contributed by atoms with E-state index in [4.69, 9.17) is 4.74 Å². The number of carbonyl (C=O) groups is 4. The maximum absolute atomic E-state index is 12.3. The molecule has 28 heavy (non-hydrogen) atoms. The maximum atomic E-state index is 12.3. The lowest BCUT2D eigenvalue weighted by Crippen LogP contribution is -2.34. The van der Waals surface area contributed by atoms with E-state index < -0.39 is 24.4 Å². The van der Waals surface area contributed by atoms with Crippen molar-refractivity contribution in [2.24, 2.45) is 0 Å². The molecule has 1 aliphatic rings. The first kappa shape index (κ1) is 19.5. The van der Waals surface area contributed by atoms with Gasteiger partial charge < -0.3 is 4.74 Å². The second-order valence-corrected chi connectivity index (χ2v) is 6.66. The summed E-state index contributed by atoms with van der Waals surface area (Å²) in [4.78, 5) is 47.6. The van der Waals surface area contributed by atoms with Gasteiger partial charge in [-0.1, -0.05) is 30.3 Å². The Bertz CT molecular complexity index is 904. The van der Waals surface area contributed by atoms with E-state index in [2.05, 4.69) is 5.32 Å². The lowest BCUT2D eigenvalue weighted by Gasteiger charge is -2.06. The highest BCUT2D eigenvalue weighted by Gasteiger charge is 2.16. The van der Waals surface area contributed by atoms with Crippen LogP contribution in [0.4, 0.5) is 0 Å². The Morgan fingerprint density at radius 1 is 0.857 bits per heavy atom. The molecule has 0 aromatic heterocycles. The van der Waals surface area contributed by atoms with Crippen molar-refractivity contribution in [3.8, 4) is 0 Å². The van der Waals surface area contributed by atoms with Crippen LogP contribution in [0.3, 0.4) is 0 Å². The number of benzene rings is 2. The second kappa shape index (κ2) is 9.08. The van der Waals surface area contributed by atoms with E-state index in [1.165, 1.54) is 11.1 Å². The summed E-state index contributed by atoms with van der Waals surface area (Å²) in [6.45, 7) is -0.565. The molecule has 0 radical (unpaired) electrons. The SMILES string of the molecule is O=C(COC(=O)CCC(=O)c1ccc2c(c1)CCC2)NC(=O)c1ccccc1. The summed E-state index contributed by atoms with van der Waals surface area (Å²) in [6, 6.07) is 13.9. The van der Waals surface area contributed by atoms with E-state index in [-0.39, 0.29) is 18.6 Å².